The number of halogens is 2. The van der Waals surface area contributed by atoms with Gasteiger partial charge in [0.15, 0.2) is 11.5 Å². The number of H-pyrrole nitrogens is 4. The first-order chi connectivity index (χ1) is 15.4. The molecule has 0 saturated carbocycles. The van der Waals surface area contributed by atoms with Gasteiger partial charge in [-0.05, 0) is 49.2 Å². The van der Waals surface area contributed by atoms with E-state index in [4.69, 9.17) is 9.47 Å². The largest absolute Gasteiger partial charge is 0.493 e. The van der Waals surface area contributed by atoms with Gasteiger partial charge in [0.2, 0.25) is 0 Å². The molecule has 2 aromatic carbocycles. The smallest absolute Gasteiger partial charge is 0.268 e. The maximum Gasteiger partial charge on any atom is 0.268 e. The first-order valence-corrected chi connectivity index (χ1v) is 9.98. The fraction of sp³-hybridized carbons (Fsp3) is 0.217. The number of nitrogens with one attached hydrogen (secondary N) is 4. The number of benzene rings is 2. The van der Waals surface area contributed by atoms with Gasteiger partial charge in [-0.2, -0.15) is 0 Å². The molecule has 33 heavy (non-hydrogen) atoms. The summed E-state index contributed by atoms with van der Waals surface area (Å²) in [6, 6.07) is 11.3. The molecule has 0 radical (unpaired) electrons. The summed E-state index contributed by atoms with van der Waals surface area (Å²) < 4.78 is 24.5. The average Bonchev–Trinajstić information content (AvgIpc) is 3.30. The monoisotopic (exact) mass is 474 g/mol. The van der Waals surface area contributed by atoms with Crippen molar-refractivity contribution < 1.29 is 13.9 Å². The standard InChI is InChI=1S/C23H23FN4O4.ClH/c1-12-19(22(29)27-25-12)21(20-13(2)26-28-23(20)30)15-6-9-17(18(10-15)31-3)32-11-14-4-7-16(24)8-5-14;/h4-10,21H,11H2,1-3H3,(H2,25,27,29)(H2,26,28,30);1H. The van der Waals surface area contributed by atoms with Gasteiger partial charge in [0, 0.05) is 17.3 Å². The number of aryl methyl sites for hydroxylation is 2. The summed E-state index contributed by atoms with van der Waals surface area (Å²) in [6.07, 6.45) is 0. The Balaban J connectivity index is 0.00000306. The third-order valence-electron chi connectivity index (χ3n) is 5.43. The fourth-order valence-corrected chi connectivity index (χ4v) is 3.81. The van der Waals surface area contributed by atoms with Crippen LogP contribution in [0.4, 0.5) is 4.39 Å². The molecular formula is C23H24ClFN4O4. The zero-order valence-electron chi connectivity index (χ0n) is 18.2. The van der Waals surface area contributed by atoms with Crippen LogP contribution in [0.25, 0.3) is 0 Å². The molecule has 0 fully saturated rings. The van der Waals surface area contributed by atoms with Gasteiger partial charge >= 0.3 is 0 Å². The zero-order chi connectivity index (χ0) is 22.8. The van der Waals surface area contributed by atoms with Crippen molar-refractivity contribution in [3.63, 3.8) is 0 Å². The SMILES string of the molecule is COc1cc(C(c2c(C)[nH][nH]c2=O)c2c(C)[nH][nH]c2=O)ccc1OCc1ccc(F)cc1.Cl. The summed E-state index contributed by atoms with van der Waals surface area (Å²) in [6.45, 7) is 3.77. The predicted octanol–water partition coefficient (Wildman–Crippen LogP) is 3.66. The van der Waals surface area contributed by atoms with Crippen molar-refractivity contribution in [3.05, 3.63) is 103 Å². The molecular weight excluding hydrogens is 451 g/mol. The first kappa shape index (κ1) is 23.9. The molecule has 0 saturated heterocycles. The Bertz CT molecular complexity index is 1300. The molecule has 0 aliphatic rings. The third kappa shape index (κ3) is 4.73. The van der Waals surface area contributed by atoms with Crippen LogP contribution in [0.2, 0.25) is 0 Å². The molecule has 0 bridgehead atoms. The minimum atomic E-state index is -0.625. The molecule has 0 amide bonds. The van der Waals surface area contributed by atoms with E-state index in [0.717, 1.165) is 5.56 Å². The molecule has 2 heterocycles. The van der Waals surface area contributed by atoms with Gasteiger partial charge in [0.25, 0.3) is 11.1 Å². The summed E-state index contributed by atoms with van der Waals surface area (Å²) in [7, 11) is 1.52. The van der Waals surface area contributed by atoms with E-state index in [1.54, 1.807) is 44.2 Å². The Morgan fingerprint density at radius 2 is 1.42 bits per heavy atom. The zero-order valence-corrected chi connectivity index (χ0v) is 19.1. The van der Waals surface area contributed by atoms with Crippen LogP contribution in [-0.4, -0.2) is 27.5 Å². The van der Waals surface area contributed by atoms with Crippen molar-refractivity contribution in [1.82, 2.24) is 20.4 Å². The Hall–Kier alpha value is -3.72. The topological polar surface area (TPSA) is 116 Å². The highest BCUT2D eigenvalue weighted by Crippen LogP contribution is 2.36. The maximum absolute atomic E-state index is 13.1. The lowest BCUT2D eigenvalue weighted by Gasteiger charge is -2.18. The van der Waals surface area contributed by atoms with Gasteiger partial charge in [-0.15, -0.1) is 12.4 Å². The van der Waals surface area contributed by atoms with Crippen LogP contribution >= 0.6 is 12.4 Å². The molecule has 0 unspecified atom stereocenters. The summed E-state index contributed by atoms with van der Waals surface area (Å²) in [4.78, 5) is 25.2. The molecule has 0 aliphatic heterocycles. The second kappa shape index (κ2) is 9.83. The molecule has 10 heteroatoms. The highest BCUT2D eigenvalue weighted by molar-refractivity contribution is 5.85. The molecule has 0 spiro atoms. The fourth-order valence-electron chi connectivity index (χ4n) is 3.81. The van der Waals surface area contributed by atoms with Gasteiger partial charge in [0.1, 0.15) is 12.4 Å². The lowest BCUT2D eigenvalue weighted by Crippen LogP contribution is -2.20. The molecule has 4 N–H and O–H groups in total. The van der Waals surface area contributed by atoms with Gasteiger partial charge in [-0.1, -0.05) is 18.2 Å². The van der Waals surface area contributed by atoms with Crippen molar-refractivity contribution >= 4 is 12.4 Å². The number of rotatable bonds is 7. The second-order valence-electron chi connectivity index (χ2n) is 7.49. The van der Waals surface area contributed by atoms with Gasteiger partial charge in [-0.25, -0.2) is 4.39 Å². The lowest BCUT2D eigenvalue weighted by atomic mass is 9.85. The summed E-state index contributed by atoms with van der Waals surface area (Å²) >= 11 is 0. The van der Waals surface area contributed by atoms with Gasteiger partial charge in [-0.3, -0.25) is 19.8 Å². The van der Waals surface area contributed by atoms with E-state index in [0.29, 0.717) is 39.6 Å². The second-order valence-corrected chi connectivity index (χ2v) is 7.49. The Kier molecular flexibility index (Phi) is 7.13. The van der Waals surface area contributed by atoms with E-state index in [-0.39, 0.29) is 35.9 Å². The summed E-state index contributed by atoms with van der Waals surface area (Å²) in [5.41, 5.74) is 3.05. The first-order valence-electron chi connectivity index (χ1n) is 9.98. The van der Waals surface area contributed by atoms with Crippen molar-refractivity contribution in [2.24, 2.45) is 0 Å². The molecule has 4 rings (SSSR count). The minimum absolute atomic E-state index is 0. The van der Waals surface area contributed by atoms with E-state index in [1.807, 2.05) is 0 Å². The lowest BCUT2D eigenvalue weighted by molar-refractivity contribution is 0.284. The van der Waals surface area contributed by atoms with E-state index in [1.165, 1.54) is 19.2 Å². The van der Waals surface area contributed by atoms with E-state index >= 15 is 0 Å². The number of aromatic nitrogens is 4. The Labute approximate surface area is 194 Å². The molecule has 0 atom stereocenters. The van der Waals surface area contributed by atoms with E-state index in [9.17, 15) is 14.0 Å². The van der Waals surface area contributed by atoms with Crippen molar-refractivity contribution in [2.75, 3.05) is 7.11 Å². The number of hydrogen-bond donors (Lipinski definition) is 4. The summed E-state index contributed by atoms with van der Waals surface area (Å²) in [5.74, 6) is -0.00517. The van der Waals surface area contributed by atoms with Crippen LogP contribution < -0.4 is 20.6 Å². The van der Waals surface area contributed by atoms with Gasteiger partial charge < -0.3 is 19.7 Å². The quantitative estimate of drug-likeness (QED) is 0.327. The third-order valence-corrected chi connectivity index (χ3v) is 5.43. The van der Waals surface area contributed by atoms with Gasteiger partial charge in [0.05, 0.1) is 18.2 Å². The Morgan fingerprint density at radius 1 is 0.848 bits per heavy atom. The highest BCUT2D eigenvalue weighted by atomic mass is 35.5. The van der Waals surface area contributed by atoms with Crippen molar-refractivity contribution in [2.45, 2.75) is 26.4 Å². The summed E-state index contributed by atoms with van der Waals surface area (Å²) in [5, 5.41) is 10.8. The molecule has 8 nitrogen and oxygen atoms in total. The number of aromatic amines is 4. The highest BCUT2D eigenvalue weighted by Gasteiger charge is 2.28. The number of ether oxygens (including phenoxy) is 2. The Morgan fingerprint density at radius 3 is 1.91 bits per heavy atom. The van der Waals surface area contributed by atoms with Crippen LogP contribution in [0.1, 0.15) is 39.6 Å². The van der Waals surface area contributed by atoms with E-state index < -0.39 is 5.92 Å². The number of hydrogen-bond acceptors (Lipinski definition) is 4. The normalized spacial score (nSPS) is 10.8. The van der Waals surface area contributed by atoms with Crippen molar-refractivity contribution in [1.29, 1.82) is 0 Å². The van der Waals surface area contributed by atoms with Crippen LogP contribution in [0.3, 0.4) is 0 Å². The molecule has 4 aromatic rings. The maximum atomic E-state index is 13.1. The van der Waals surface area contributed by atoms with Crippen LogP contribution in [0.15, 0.2) is 52.1 Å². The van der Waals surface area contributed by atoms with Crippen LogP contribution in [0, 0.1) is 19.7 Å². The number of methoxy groups -OCH3 is 1. The van der Waals surface area contributed by atoms with Crippen LogP contribution in [0.5, 0.6) is 11.5 Å². The average molecular weight is 475 g/mol. The molecule has 2 aromatic heterocycles. The predicted molar refractivity (Wildman–Crippen MR) is 124 cm³/mol. The van der Waals surface area contributed by atoms with Crippen molar-refractivity contribution in [3.8, 4) is 11.5 Å². The molecule has 174 valence electrons. The van der Waals surface area contributed by atoms with Crippen LogP contribution in [-0.2, 0) is 6.61 Å². The van der Waals surface area contributed by atoms with E-state index in [2.05, 4.69) is 20.4 Å². The molecule has 0 aliphatic carbocycles. The minimum Gasteiger partial charge on any atom is -0.493 e.